The Bertz CT molecular complexity index is 3540. The normalized spacial score (nSPS) is 11.6. The molecule has 10 aromatic carbocycles. The van der Waals surface area contributed by atoms with Gasteiger partial charge >= 0.3 is 0 Å². The summed E-state index contributed by atoms with van der Waals surface area (Å²) in [6.07, 6.45) is 0. The molecule has 0 saturated heterocycles. The molecule has 3 nitrogen and oxygen atoms in total. The number of aromatic nitrogens is 1. The first-order chi connectivity index (χ1) is 30.2. The maximum absolute atomic E-state index is 6.23. The minimum atomic E-state index is 0.902. The highest BCUT2D eigenvalue weighted by Crippen LogP contribution is 2.40. The highest BCUT2D eigenvalue weighted by atomic mass is 16.3. The lowest BCUT2D eigenvalue weighted by Gasteiger charge is -2.26. The molecule has 0 aliphatic rings. The first kappa shape index (κ1) is 34.9. The Morgan fingerprint density at radius 2 is 0.803 bits per heavy atom. The molecule has 0 amide bonds. The molecule has 0 N–H and O–H groups in total. The number of hydrogen-bond acceptors (Lipinski definition) is 2. The summed E-state index contributed by atoms with van der Waals surface area (Å²) in [4.78, 5) is 2.35. The molecule has 286 valence electrons. The Hall–Kier alpha value is -8.14. The zero-order valence-electron chi connectivity index (χ0n) is 33.2. The minimum absolute atomic E-state index is 0.902. The summed E-state index contributed by atoms with van der Waals surface area (Å²) in [6.45, 7) is 0. The number of anilines is 3. The second kappa shape index (κ2) is 14.3. The average molecular weight is 779 g/mol. The van der Waals surface area contributed by atoms with Gasteiger partial charge in [0.2, 0.25) is 0 Å². The van der Waals surface area contributed by atoms with Gasteiger partial charge in [-0.2, -0.15) is 0 Å². The number of fused-ring (bicyclic) bond motifs is 7. The lowest BCUT2D eigenvalue weighted by atomic mass is 9.98. The zero-order chi connectivity index (χ0) is 40.3. The van der Waals surface area contributed by atoms with E-state index >= 15 is 0 Å². The van der Waals surface area contributed by atoms with Crippen LogP contribution in [0.1, 0.15) is 0 Å². The van der Waals surface area contributed by atoms with E-state index in [1.165, 1.54) is 54.8 Å². The van der Waals surface area contributed by atoms with E-state index in [0.717, 1.165) is 55.8 Å². The Labute approximate surface area is 353 Å². The van der Waals surface area contributed by atoms with Crippen molar-refractivity contribution in [3.8, 4) is 39.1 Å². The van der Waals surface area contributed by atoms with Gasteiger partial charge < -0.3 is 13.9 Å². The molecule has 0 saturated carbocycles. The van der Waals surface area contributed by atoms with E-state index in [4.69, 9.17) is 4.42 Å². The van der Waals surface area contributed by atoms with E-state index in [-0.39, 0.29) is 0 Å². The van der Waals surface area contributed by atoms with Gasteiger partial charge in [0, 0.05) is 44.3 Å². The van der Waals surface area contributed by atoms with Crippen molar-refractivity contribution in [3.63, 3.8) is 0 Å². The average Bonchev–Trinajstić information content (AvgIpc) is 3.88. The molecule has 3 heteroatoms. The summed E-state index contributed by atoms with van der Waals surface area (Å²) in [5, 5.41) is 7.24. The molecule has 0 aliphatic carbocycles. The highest BCUT2D eigenvalue weighted by Gasteiger charge is 2.16. The van der Waals surface area contributed by atoms with Crippen LogP contribution in [0.5, 0.6) is 0 Å². The summed E-state index contributed by atoms with van der Waals surface area (Å²) in [5.41, 5.74) is 15.6. The fraction of sp³-hybridized carbons (Fsp3) is 0. The van der Waals surface area contributed by atoms with Crippen molar-refractivity contribution in [2.24, 2.45) is 0 Å². The van der Waals surface area contributed by atoms with Gasteiger partial charge in [-0.3, -0.25) is 0 Å². The summed E-state index contributed by atoms with van der Waals surface area (Å²) in [7, 11) is 0. The first-order valence-corrected chi connectivity index (χ1v) is 20.8. The second-order valence-corrected chi connectivity index (χ2v) is 15.8. The Kier molecular flexibility index (Phi) is 8.17. The van der Waals surface area contributed by atoms with Gasteiger partial charge in [0.15, 0.2) is 0 Å². The lowest BCUT2D eigenvalue weighted by molar-refractivity contribution is 0.669. The zero-order valence-corrected chi connectivity index (χ0v) is 33.2. The van der Waals surface area contributed by atoms with E-state index in [2.05, 4.69) is 228 Å². The van der Waals surface area contributed by atoms with Crippen LogP contribution in [0.2, 0.25) is 0 Å². The van der Waals surface area contributed by atoms with Gasteiger partial charge in [-0.1, -0.05) is 146 Å². The third-order valence-electron chi connectivity index (χ3n) is 12.2. The van der Waals surface area contributed by atoms with Crippen molar-refractivity contribution in [1.29, 1.82) is 0 Å². The lowest BCUT2D eigenvalue weighted by Crippen LogP contribution is -2.09. The maximum Gasteiger partial charge on any atom is 0.136 e. The van der Waals surface area contributed by atoms with Crippen LogP contribution >= 0.6 is 0 Å². The summed E-state index contributed by atoms with van der Waals surface area (Å²) in [6, 6.07) is 83.0. The van der Waals surface area contributed by atoms with Gasteiger partial charge in [-0.15, -0.1) is 0 Å². The first-order valence-electron chi connectivity index (χ1n) is 20.8. The molecular weight excluding hydrogens is 741 g/mol. The predicted molar refractivity (Wildman–Crippen MR) is 257 cm³/mol. The molecule has 0 spiro atoms. The molecule has 0 aliphatic heterocycles. The quantitative estimate of drug-likeness (QED) is 0.161. The van der Waals surface area contributed by atoms with Crippen LogP contribution < -0.4 is 4.90 Å². The number of rotatable bonds is 7. The molecule has 0 fully saturated rings. The van der Waals surface area contributed by atoms with Crippen LogP contribution in [0.4, 0.5) is 17.1 Å². The summed E-state index contributed by atoms with van der Waals surface area (Å²) < 4.78 is 8.61. The van der Waals surface area contributed by atoms with Crippen molar-refractivity contribution in [3.05, 3.63) is 231 Å². The third kappa shape index (κ3) is 6.06. The van der Waals surface area contributed by atoms with E-state index in [9.17, 15) is 0 Å². The number of nitrogens with zero attached hydrogens (tertiary/aromatic N) is 2. The van der Waals surface area contributed by atoms with E-state index in [1.54, 1.807) is 0 Å². The van der Waals surface area contributed by atoms with Crippen molar-refractivity contribution < 1.29 is 4.42 Å². The summed E-state index contributed by atoms with van der Waals surface area (Å²) >= 11 is 0. The highest BCUT2D eigenvalue weighted by molar-refractivity contribution is 6.09. The van der Waals surface area contributed by atoms with E-state index < -0.39 is 0 Å². The Balaban J connectivity index is 0.885. The maximum atomic E-state index is 6.23. The molecule has 12 aromatic rings. The van der Waals surface area contributed by atoms with Crippen LogP contribution in [0.25, 0.3) is 93.6 Å². The largest absolute Gasteiger partial charge is 0.456 e. The molecule has 0 atom stereocenters. The number of furan rings is 1. The topological polar surface area (TPSA) is 21.3 Å². The third-order valence-corrected chi connectivity index (χ3v) is 12.2. The van der Waals surface area contributed by atoms with Crippen LogP contribution in [0, 0.1) is 0 Å². The van der Waals surface area contributed by atoms with Crippen LogP contribution in [0.15, 0.2) is 235 Å². The summed E-state index contributed by atoms with van der Waals surface area (Å²) in [5.74, 6) is 0. The molecule has 0 unspecified atom stereocenters. The van der Waals surface area contributed by atoms with Gasteiger partial charge in [-0.05, 0) is 129 Å². The predicted octanol–water partition coefficient (Wildman–Crippen LogP) is 16.3. The van der Waals surface area contributed by atoms with Crippen LogP contribution in [-0.4, -0.2) is 4.57 Å². The molecule has 2 aromatic heterocycles. The van der Waals surface area contributed by atoms with Crippen molar-refractivity contribution in [2.45, 2.75) is 0 Å². The fourth-order valence-electron chi connectivity index (χ4n) is 9.18. The van der Waals surface area contributed by atoms with Crippen molar-refractivity contribution >= 4 is 71.6 Å². The van der Waals surface area contributed by atoms with Crippen LogP contribution in [-0.2, 0) is 0 Å². The van der Waals surface area contributed by atoms with Gasteiger partial charge in [0.1, 0.15) is 11.2 Å². The van der Waals surface area contributed by atoms with Crippen LogP contribution in [0.3, 0.4) is 0 Å². The SMILES string of the molecule is c1cc(-c2ccc(N(c3ccc(-c4ccc5c(c4)oc4ccccc45)cc3)c3ccc4ccccc4c3)cc2)cc(-c2cccc(-n3c4ccccc4c4ccccc43)c2)c1. The van der Waals surface area contributed by atoms with E-state index in [0.29, 0.717) is 0 Å². The fourth-order valence-corrected chi connectivity index (χ4v) is 9.18. The number of benzene rings is 10. The Morgan fingerprint density at radius 1 is 0.295 bits per heavy atom. The Morgan fingerprint density at radius 3 is 1.51 bits per heavy atom. The smallest absolute Gasteiger partial charge is 0.136 e. The molecule has 12 rings (SSSR count). The van der Waals surface area contributed by atoms with E-state index in [1.807, 2.05) is 12.1 Å². The molecule has 61 heavy (non-hydrogen) atoms. The molecule has 0 bridgehead atoms. The monoisotopic (exact) mass is 778 g/mol. The number of hydrogen-bond donors (Lipinski definition) is 0. The van der Waals surface area contributed by atoms with Gasteiger partial charge in [-0.25, -0.2) is 0 Å². The van der Waals surface area contributed by atoms with Gasteiger partial charge in [0.25, 0.3) is 0 Å². The number of para-hydroxylation sites is 3. The molecular formula is C58H38N2O. The molecule has 2 heterocycles. The second-order valence-electron chi connectivity index (χ2n) is 15.8. The standard InChI is InChI=1S/C58H38N2O/c1-2-12-44-36-50(33-27-39(44)11-1)59(48-31-25-41(26-32-48)46-28-34-54-53-19-5-8-22-57(53)61-58(54)38-46)47-29-23-40(24-30-47)42-13-9-14-43(35-42)45-15-10-16-49(37-45)60-55-20-6-3-17-51(55)52-18-4-7-21-56(52)60/h1-38H. The molecule has 0 radical (unpaired) electrons. The van der Waals surface area contributed by atoms with Crippen molar-refractivity contribution in [2.75, 3.05) is 4.90 Å². The van der Waals surface area contributed by atoms with Crippen molar-refractivity contribution in [1.82, 2.24) is 4.57 Å². The van der Waals surface area contributed by atoms with Gasteiger partial charge in [0.05, 0.1) is 11.0 Å². The minimum Gasteiger partial charge on any atom is -0.456 e.